The van der Waals surface area contributed by atoms with Crippen LogP contribution in [0.4, 0.5) is 4.39 Å². The number of halogens is 1. The van der Waals surface area contributed by atoms with Gasteiger partial charge >= 0.3 is 5.97 Å². The molecule has 2 atom stereocenters. The maximum atomic E-state index is 13.6. The lowest BCUT2D eigenvalue weighted by Crippen LogP contribution is -2.47. The highest BCUT2D eigenvalue weighted by atomic mass is 19.1. The maximum Gasteiger partial charge on any atom is 0.314 e. The van der Waals surface area contributed by atoms with Crippen molar-refractivity contribution in [3.8, 4) is 0 Å². The second kappa shape index (κ2) is 4.73. The average molecular weight is 204 g/mol. The molecule has 0 amide bonds. The lowest BCUT2D eigenvalue weighted by molar-refractivity contribution is -0.166. The Morgan fingerprint density at radius 2 is 2.43 bits per heavy atom. The first-order valence-corrected chi connectivity index (χ1v) is 5.08. The summed E-state index contributed by atoms with van der Waals surface area (Å²) in [5, 5.41) is 9.07. The Morgan fingerprint density at radius 3 is 2.93 bits per heavy atom. The first-order valence-electron chi connectivity index (χ1n) is 5.08. The summed E-state index contributed by atoms with van der Waals surface area (Å²) in [5.74, 6) is -1.06. The summed E-state index contributed by atoms with van der Waals surface area (Å²) >= 11 is 0. The predicted molar refractivity (Wildman–Crippen MR) is 49.9 cm³/mol. The van der Waals surface area contributed by atoms with Crippen LogP contribution in [0.25, 0.3) is 0 Å². The van der Waals surface area contributed by atoms with Gasteiger partial charge in [-0.2, -0.15) is 0 Å². The Kier molecular flexibility index (Phi) is 3.86. The van der Waals surface area contributed by atoms with Crippen LogP contribution in [0.1, 0.15) is 32.6 Å². The highest BCUT2D eigenvalue weighted by molar-refractivity contribution is 5.75. The SMILES string of the molecule is CCCCC1(C(=O)O)COCCC1F. The molecule has 0 aromatic heterocycles. The van der Waals surface area contributed by atoms with E-state index in [-0.39, 0.29) is 13.0 Å². The van der Waals surface area contributed by atoms with Crippen molar-refractivity contribution in [3.63, 3.8) is 0 Å². The number of hydrogen-bond donors (Lipinski definition) is 1. The molecule has 1 N–H and O–H groups in total. The van der Waals surface area contributed by atoms with E-state index in [0.29, 0.717) is 13.0 Å². The van der Waals surface area contributed by atoms with Crippen molar-refractivity contribution in [2.75, 3.05) is 13.2 Å². The molecule has 0 spiro atoms. The lowest BCUT2D eigenvalue weighted by Gasteiger charge is -2.36. The van der Waals surface area contributed by atoms with E-state index in [1.165, 1.54) is 0 Å². The van der Waals surface area contributed by atoms with Gasteiger partial charge in [0.1, 0.15) is 11.6 Å². The largest absolute Gasteiger partial charge is 0.481 e. The fourth-order valence-electron chi connectivity index (χ4n) is 1.83. The normalized spacial score (nSPS) is 32.9. The van der Waals surface area contributed by atoms with E-state index in [4.69, 9.17) is 9.84 Å². The van der Waals surface area contributed by atoms with Gasteiger partial charge in [0.2, 0.25) is 0 Å². The summed E-state index contributed by atoms with van der Waals surface area (Å²) in [4.78, 5) is 11.1. The highest BCUT2D eigenvalue weighted by Gasteiger charge is 2.48. The quantitative estimate of drug-likeness (QED) is 0.761. The van der Waals surface area contributed by atoms with Crippen molar-refractivity contribution >= 4 is 5.97 Å². The number of alkyl halides is 1. The first kappa shape index (κ1) is 11.4. The molecule has 0 aliphatic carbocycles. The maximum absolute atomic E-state index is 13.6. The van der Waals surface area contributed by atoms with Crippen LogP contribution in [-0.2, 0) is 9.53 Å². The molecule has 4 heteroatoms. The van der Waals surface area contributed by atoms with E-state index in [9.17, 15) is 9.18 Å². The number of ether oxygens (including phenoxy) is 1. The van der Waals surface area contributed by atoms with Gasteiger partial charge in [-0.1, -0.05) is 19.8 Å². The van der Waals surface area contributed by atoms with Gasteiger partial charge in [-0.15, -0.1) is 0 Å². The van der Waals surface area contributed by atoms with Crippen LogP contribution in [0, 0.1) is 5.41 Å². The fraction of sp³-hybridized carbons (Fsp3) is 0.900. The van der Waals surface area contributed by atoms with E-state index in [2.05, 4.69) is 0 Å². The molecule has 3 nitrogen and oxygen atoms in total. The molecule has 2 unspecified atom stereocenters. The Labute approximate surface area is 83.3 Å². The van der Waals surface area contributed by atoms with Crippen LogP contribution in [0.15, 0.2) is 0 Å². The third-order valence-electron chi connectivity index (χ3n) is 2.88. The van der Waals surface area contributed by atoms with Crippen molar-refractivity contribution in [1.82, 2.24) is 0 Å². The molecule has 1 fully saturated rings. The Hall–Kier alpha value is -0.640. The Morgan fingerprint density at radius 1 is 1.71 bits per heavy atom. The predicted octanol–water partition coefficient (Wildman–Crippen LogP) is 2.01. The third kappa shape index (κ3) is 2.05. The number of hydrogen-bond acceptors (Lipinski definition) is 2. The second-order valence-corrected chi connectivity index (χ2v) is 3.87. The third-order valence-corrected chi connectivity index (χ3v) is 2.88. The highest BCUT2D eigenvalue weighted by Crippen LogP contribution is 2.36. The van der Waals surface area contributed by atoms with Gasteiger partial charge < -0.3 is 9.84 Å². The molecule has 1 aliphatic rings. The number of carbonyl (C=O) groups is 1. The van der Waals surface area contributed by atoms with Gasteiger partial charge in [-0.3, -0.25) is 4.79 Å². The van der Waals surface area contributed by atoms with E-state index in [1.807, 2.05) is 6.92 Å². The van der Waals surface area contributed by atoms with E-state index >= 15 is 0 Å². The Balaban J connectivity index is 2.72. The second-order valence-electron chi connectivity index (χ2n) is 3.87. The van der Waals surface area contributed by atoms with Crippen molar-refractivity contribution in [1.29, 1.82) is 0 Å². The lowest BCUT2D eigenvalue weighted by atomic mass is 9.76. The molecule has 0 radical (unpaired) electrons. The first-order chi connectivity index (χ1) is 6.63. The smallest absolute Gasteiger partial charge is 0.314 e. The molecule has 1 rings (SSSR count). The van der Waals surface area contributed by atoms with Gasteiger partial charge in [0.05, 0.1) is 6.61 Å². The minimum atomic E-state index is -1.28. The molecule has 1 heterocycles. The molecule has 1 saturated heterocycles. The van der Waals surface area contributed by atoms with Crippen LogP contribution in [0.3, 0.4) is 0 Å². The van der Waals surface area contributed by atoms with Gasteiger partial charge in [-0.25, -0.2) is 4.39 Å². The van der Waals surface area contributed by atoms with Crippen molar-refractivity contribution in [3.05, 3.63) is 0 Å². The van der Waals surface area contributed by atoms with Crippen molar-refractivity contribution in [2.24, 2.45) is 5.41 Å². The summed E-state index contributed by atoms with van der Waals surface area (Å²) in [6.07, 6.45) is 0.925. The van der Waals surface area contributed by atoms with Crippen molar-refractivity contribution < 1.29 is 19.0 Å². The van der Waals surface area contributed by atoms with Crippen LogP contribution < -0.4 is 0 Å². The molecule has 0 aromatic carbocycles. The van der Waals surface area contributed by atoms with Gasteiger partial charge in [0.15, 0.2) is 0 Å². The molecule has 82 valence electrons. The van der Waals surface area contributed by atoms with Crippen LogP contribution >= 0.6 is 0 Å². The number of carboxylic acid groups (broad SMARTS) is 1. The summed E-state index contributed by atoms with van der Waals surface area (Å²) < 4.78 is 18.7. The van der Waals surface area contributed by atoms with E-state index < -0.39 is 17.6 Å². The fourth-order valence-corrected chi connectivity index (χ4v) is 1.83. The Bertz CT molecular complexity index is 208. The van der Waals surface area contributed by atoms with Gasteiger partial charge in [0.25, 0.3) is 0 Å². The summed E-state index contributed by atoms with van der Waals surface area (Å²) in [5.41, 5.74) is -1.28. The molecule has 1 aliphatic heterocycles. The molecule has 14 heavy (non-hydrogen) atoms. The average Bonchev–Trinajstić information content (AvgIpc) is 2.16. The molecular weight excluding hydrogens is 187 g/mol. The van der Waals surface area contributed by atoms with Crippen LogP contribution in [0.2, 0.25) is 0 Å². The number of rotatable bonds is 4. The van der Waals surface area contributed by atoms with E-state index in [0.717, 1.165) is 12.8 Å². The zero-order chi connectivity index (χ0) is 10.6. The monoisotopic (exact) mass is 204 g/mol. The zero-order valence-electron chi connectivity index (χ0n) is 8.46. The zero-order valence-corrected chi connectivity index (χ0v) is 8.46. The summed E-state index contributed by atoms with van der Waals surface area (Å²) in [6, 6.07) is 0. The number of carboxylic acids is 1. The standard InChI is InChI=1S/C10H17FO3/c1-2-3-5-10(9(12)13)7-14-6-4-8(10)11/h8H,2-7H2,1H3,(H,12,13). The topological polar surface area (TPSA) is 46.5 Å². The molecular formula is C10H17FO3. The minimum Gasteiger partial charge on any atom is -0.481 e. The number of aliphatic carboxylic acids is 1. The van der Waals surface area contributed by atoms with Crippen LogP contribution in [0.5, 0.6) is 0 Å². The number of unbranched alkanes of at least 4 members (excludes halogenated alkanes) is 1. The van der Waals surface area contributed by atoms with Crippen LogP contribution in [-0.4, -0.2) is 30.5 Å². The molecule has 0 bridgehead atoms. The van der Waals surface area contributed by atoms with Gasteiger partial charge in [0, 0.05) is 13.0 Å². The molecule has 0 saturated carbocycles. The van der Waals surface area contributed by atoms with Crippen molar-refractivity contribution in [2.45, 2.75) is 38.8 Å². The van der Waals surface area contributed by atoms with Gasteiger partial charge in [-0.05, 0) is 6.42 Å². The summed E-state index contributed by atoms with van der Waals surface area (Å²) in [6.45, 7) is 2.32. The summed E-state index contributed by atoms with van der Waals surface area (Å²) in [7, 11) is 0. The van der Waals surface area contributed by atoms with E-state index in [1.54, 1.807) is 0 Å². The minimum absolute atomic E-state index is 0.0174. The molecule has 0 aromatic rings.